The minimum Gasteiger partial charge on any atom is -0.409 e. The van der Waals surface area contributed by atoms with Crippen molar-refractivity contribution in [2.24, 2.45) is 10.9 Å². The van der Waals surface area contributed by atoms with Crippen LogP contribution in [0.2, 0.25) is 0 Å². The van der Waals surface area contributed by atoms with Crippen LogP contribution in [-0.2, 0) is 6.54 Å². The van der Waals surface area contributed by atoms with Crippen molar-refractivity contribution in [1.82, 2.24) is 4.90 Å². The Morgan fingerprint density at radius 1 is 1.37 bits per heavy atom. The van der Waals surface area contributed by atoms with Gasteiger partial charge in [0.1, 0.15) is 5.84 Å². The SMILES string of the molecule is CCC(CC(N)=NO)N(CCO)Cc1ccccc1. The molecule has 0 aliphatic rings. The molecule has 1 atom stereocenters. The van der Waals surface area contributed by atoms with E-state index in [4.69, 9.17) is 10.9 Å². The first-order chi connectivity index (χ1) is 9.21. The van der Waals surface area contributed by atoms with Crippen LogP contribution in [-0.4, -0.2) is 40.2 Å². The number of nitrogens with zero attached hydrogens (tertiary/aromatic N) is 2. The lowest BCUT2D eigenvalue weighted by molar-refractivity contribution is 0.142. The highest BCUT2D eigenvalue weighted by atomic mass is 16.4. The fraction of sp³-hybridized carbons (Fsp3) is 0.500. The molecule has 4 N–H and O–H groups in total. The number of nitrogens with two attached hydrogens (primary N) is 1. The van der Waals surface area contributed by atoms with Crippen molar-refractivity contribution in [3.05, 3.63) is 35.9 Å². The van der Waals surface area contributed by atoms with Crippen molar-refractivity contribution in [2.45, 2.75) is 32.4 Å². The summed E-state index contributed by atoms with van der Waals surface area (Å²) in [6.45, 7) is 3.48. The molecule has 0 amide bonds. The van der Waals surface area contributed by atoms with Crippen molar-refractivity contribution in [3.8, 4) is 0 Å². The summed E-state index contributed by atoms with van der Waals surface area (Å²) >= 11 is 0. The van der Waals surface area contributed by atoms with Gasteiger partial charge in [-0.15, -0.1) is 0 Å². The zero-order chi connectivity index (χ0) is 14.1. The number of rotatable bonds is 8. The van der Waals surface area contributed by atoms with Crippen LogP contribution in [0, 0.1) is 0 Å². The summed E-state index contributed by atoms with van der Waals surface area (Å²) in [5.74, 6) is 0.225. The number of aliphatic hydroxyl groups is 1. The summed E-state index contributed by atoms with van der Waals surface area (Å²) < 4.78 is 0. The lowest BCUT2D eigenvalue weighted by Crippen LogP contribution is -2.39. The van der Waals surface area contributed by atoms with Gasteiger partial charge in [0, 0.05) is 25.6 Å². The van der Waals surface area contributed by atoms with Gasteiger partial charge in [-0.05, 0) is 12.0 Å². The van der Waals surface area contributed by atoms with Crippen LogP contribution in [0.25, 0.3) is 0 Å². The maximum atomic E-state index is 9.20. The molecule has 0 fully saturated rings. The Morgan fingerprint density at radius 2 is 2.05 bits per heavy atom. The second kappa shape index (κ2) is 8.50. The van der Waals surface area contributed by atoms with Gasteiger partial charge in [0.25, 0.3) is 0 Å². The Hall–Kier alpha value is -1.59. The van der Waals surface area contributed by atoms with Crippen LogP contribution in [0.15, 0.2) is 35.5 Å². The molecule has 106 valence electrons. The third-order valence-corrected chi connectivity index (χ3v) is 3.18. The van der Waals surface area contributed by atoms with Crippen molar-refractivity contribution < 1.29 is 10.3 Å². The zero-order valence-electron chi connectivity index (χ0n) is 11.4. The van der Waals surface area contributed by atoms with E-state index in [-0.39, 0.29) is 18.5 Å². The van der Waals surface area contributed by atoms with Crippen LogP contribution >= 0.6 is 0 Å². The van der Waals surface area contributed by atoms with Crippen molar-refractivity contribution in [2.75, 3.05) is 13.2 Å². The topological polar surface area (TPSA) is 82.1 Å². The van der Waals surface area contributed by atoms with E-state index < -0.39 is 0 Å². The molecular formula is C14H23N3O2. The van der Waals surface area contributed by atoms with Gasteiger partial charge in [-0.3, -0.25) is 4.90 Å². The molecule has 0 aliphatic carbocycles. The van der Waals surface area contributed by atoms with Gasteiger partial charge in [0.15, 0.2) is 0 Å². The van der Waals surface area contributed by atoms with E-state index in [2.05, 4.69) is 29.1 Å². The normalized spacial score (nSPS) is 13.7. The largest absolute Gasteiger partial charge is 0.409 e. The lowest BCUT2D eigenvalue weighted by Gasteiger charge is -2.30. The van der Waals surface area contributed by atoms with Crippen LogP contribution in [0.5, 0.6) is 0 Å². The molecule has 0 bridgehead atoms. The lowest BCUT2D eigenvalue weighted by atomic mass is 10.1. The highest BCUT2D eigenvalue weighted by molar-refractivity contribution is 5.80. The molecule has 0 aliphatic heterocycles. The molecule has 0 heterocycles. The second-order valence-corrected chi connectivity index (χ2v) is 4.54. The van der Waals surface area contributed by atoms with Crippen LogP contribution in [0.4, 0.5) is 0 Å². The van der Waals surface area contributed by atoms with E-state index >= 15 is 0 Å². The predicted molar refractivity (Wildman–Crippen MR) is 76.0 cm³/mol. The third-order valence-electron chi connectivity index (χ3n) is 3.18. The summed E-state index contributed by atoms with van der Waals surface area (Å²) in [7, 11) is 0. The maximum absolute atomic E-state index is 9.20. The molecule has 0 spiro atoms. The number of amidine groups is 1. The van der Waals surface area contributed by atoms with Crippen molar-refractivity contribution >= 4 is 5.84 Å². The molecule has 1 aromatic carbocycles. The van der Waals surface area contributed by atoms with E-state index in [0.29, 0.717) is 13.0 Å². The number of benzene rings is 1. The van der Waals surface area contributed by atoms with Crippen LogP contribution < -0.4 is 5.73 Å². The molecule has 0 saturated carbocycles. The first-order valence-electron chi connectivity index (χ1n) is 6.56. The van der Waals surface area contributed by atoms with Crippen LogP contribution in [0.3, 0.4) is 0 Å². The molecule has 5 heteroatoms. The molecule has 0 radical (unpaired) electrons. The number of hydrogen-bond acceptors (Lipinski definition) is 4. The monoisotopic (exact) mass is 265 g/mol. The van der Waals surface area contributed by atoms with Gasteiger partial charge in [-0.1, -0.05) is 42.4 Å². The second-order valence-electron chi connectivity index (χ2n) is 4.54. The smallest absolute Gasteiger partial charge is 0.140 e. The fourth-order valence-electron chi connectivity index (χ4n) is 2.15. The van der Waals surface area contributed by atoms with E-state index in [1.807, 2.05) is 18.2 Å². The molecule has 1 unspecified atom stereocenters. The summed E-state index contributed by atoms with van der Waals surface area (Å²) in [5.41, 5.74) is 6.78. The minimum atomic E-state index is 0.0967. The standard InChI is InChI=1S/C14H23N3O2/c1-2-13(10-14(15)16-19)17(8-9-18)11-12-6-4-3-5-7-12/h3-7,13,18-19H,2,8-11H2,1H3,(H2,15,16). The average molecular weight is 265 g/mol. The van der Waals surface area contributed by atoms with Crippen molar-refractivity contribution in [1.29, 1.82) is 0 Å². The summed E-state index contributed by atoms with van der Waals surface area (Å²) in [6, 6.07) is 10.2. The van der Waals surface area contributed by atoms with Gasteiger partial charge < -0.3 is 16.0 Å². The Labute approximate surface area is 114 Å². The quantitative estimate of drug-likeness (QED) is 0.287. The van der Waals surface area contributed by atoms with Gasteiger partial charge in [0.2, 0.25) is 0 Å². The van der Waals surface area contributed by atoms with E-state index in [9.17, 15) is 5.11 Å². The Kier molecular flexibility index (Phi) is 6.92. The van der Waals surface area contributed by atoms with Crippen LogP contribution in [0.1, 0.15) is 25.3 Å². The fourth-order valence-corrected chi connectivity index (χ4v) is 2.15. The molecule has 0 saturated heterocycles. The molecule has 1 rings (SSSR count). The average Bonchev–Trinajstić information content (AvgIpc) is 2.45. The van der Waals surface area contributed by atoms with E-state index in [0.717, 1.165) is 13.0 Å². The third kappa shape index (κ3) is 5.28. The van der Waals surface area contributed by atoms with Crippen molar-refractivity contribution in [3.63, 3.8) is 0 Å². The first-order valence-corrected chi connectivity index (χ1v) is 6.56. The number of aliphatic hydroxyl groups excluding tert-OH is 1. The Bertz CT molecular complexity index is 382. The zero-order valence-corrected chi connectivity index (χ0v) is 11.4. The summed E-state index contributed by atoms with van der Waals surface area (Å²) in [6.07, 6.45) is 1.38. The minimum absolute atomic E-state index is 0.0967. The van der Waals surface area contributed by atoms with Gasteiger partial charge in [-0.25, -0.2) is 0 Å². The molecule has 19 heavy (non-hydrogen) atoms. The molecule has 1 aromatic rings. The molecular weight excluding hydrogens is 242 g/mol. The number of oxime groups is 1. The Balaban J connectivity index is 2.73. The van der Waals surface area contributed by atoms with Gasteiger partial charge >= 0.3 is 0 Å². The number of hydrogen-bond donors (Lipinski definition) is 3. The summed E-state index contributed by atoms with van der Waals surface area (Å²) in [5, 5.41) is 20.9. The van der Waals surface area contributed by atoms with Gasteiger partial charge in [0.05, 0.1) is 6.61 Å². The molecule has 0 aromatic heterocycles. The van der Waals surface area contributed by atoms with Gasteiger partial charge in [-0.2, -0.15) is 0 Å². The highest BCUT2D eigenvalue weighted by Crippen LogP contribution is 2.13. The molecule has 5 nitrogen and oxygen atoms in total. The predicted octanol–water partition coefficient (Wildman–Crippen LogP) is 1.40. The van der Waals surface area contributed by atoms with E-state index in [1.165, 1.54) is 5.56 Å². The van der Waals surface area contributed by atoms with E-state index in [1.54, 1.807) is 0 Å². The first kappa shape index (κ1) is 15.5. The highest BCUT2D eigenvalue weighted by Gasteiger charge is 2.18. The Morgan fingerprint density at radius 3 is 2.58 bits per heavy atom. The maximum Gasteiger partial charge on any atom is 0.140 e. The summed E-state index contributed by atoms with van der Waals surface area (Å²) in [4.78, 5) is 2.16.